The third kappa shape index (κ3) is 148. The highest BCUT2D eigenvalue weighted by Crippen LogP contribution is 2.23. The molecule has 0 heterocycles. The maximum absolute atomic E-state index is 3.67. The lowest BCUT2D eigenvalue weighted by molar-refractivity contribution is 1.09. The van der Waals surface area contributed by atoms with Crippen LogP contribution in [-0.2, 0) is 0 Å². The Bertz CT molecular complexity index is 47.1. The molecule has 1 fully saturated rings. The van der Waals surface area contributed by atoms with E-state index < -0.39 is 0 Å². The normalized spacial score (nSPS) is 9.38. The highest BCUT2D eigenvalue weighted by atomic mass is 14.1. The third-order valence-corrected chi connectivity index (χ3v) is 0.604. The highest BCUT2D eigenvalue weighted by molar-refractivity contribution is 5.09. The van der Waals surface area contributed by atoms with Gasteiger partial charge in [-0.3, -0.25) is 0 Å². The molecule has 84 valence electrons. The minimum Gasteiger partial charge on any atom is -0.0998 e. The standard InChI is InChI=1S/C4H6.C3H8.3C2H6/c1-4-2-3-4;1-3-2;3*1-2/h1-3H2;3H2,1-2H3;3*1-2H3. The van der Waals surface area contributed by atoms with E-state index in [1.807, 2.05) is 41.5 Å². The van der Waals surface area contributed by atoms with Crippen LogP contribution >= 0.6 is 0 Å². The van der Waals surface area contributed by atoms with E-state index in [2.05, 4.69) is 20.4 Å². The van der Waals surface area contributed by atoms with Gasteiger partial charge in [0, 0.05) is 0 Å². The molecule has 0 spiro atoms. The molecule has 13 heavy (non-hydrogen) atoms. The first-order valence-corrected chi connectivity index (χ1v) is 5.97. The van der Waals surface area contributed by atoms with Crippen molar-refractivity contribution in [3.63, 3.8) is 0 Å². The summed E-state index contributed by atoms with van der Waals surface area (Å²) in [5, 5.41) is 0. The molecule has 0 saturated heterocycles. The van der Waals surface area contributed by atoms with Crippen molar-refractivity contribution in [3.8, 4) is 0 Å². The average molecular weight is 188 g/mol. The molecule has 0 aromatic rings. The largest absolute Gasteiger partial charge is 0.0998 e. The van der Waals surface area contributed by atoms with Crippen molar-refractivity contribution in [1.82, 2.24) is 0 Å². The minimum absolute atomic E-state index is 1.25. The summed E-state index contributed by atoms with van der Waals surface area (Å²) in [6, 6.07) is 0. The van der Waals surface area contributed by atoms with Gasteiger partial charge in [0.05, 0.1) is 0 Å². The van der Waals surface area contributed by atoms with Gasteiger partial charge in [-0.2, -0.15) is 0 Å². The van der Waals surface area contributed by atoms with Crippen LogP contribution in [0, 0.1) is 0 Å². The Balaban J connectivity index is -0.0000000413. The summed E-state index contributed by atoms with van der Waals surface area (Å²) in [6.07, 6.45) is 3.83. The van der Waals surface area contributed by atoms with E-state index in [-0.39, 0.29) is 0 Å². The van der Waals surface area contributed by atoms with E-state index in [0.29, 0.717) is 0 Å². The van der Waals surface area contributed by atoms with Crippen molar-refractivity contribution in [2.75, 3.05) is 0 Å². The zero-order chi connectivity index (χ0) is 11.7. The molecule has 0 atom stereocenters. The second-order valence-corrected chi connectivity index (χ2v) is 1.96. The molecule has 0 aromatic heterocycles. The summed E-state index contributed by atoms with van der Waals surface area (Å²) < 4.78 is 0. The minimum atomic E-state index is 1.25. The van der Waals surface area contributed by atoms with Crippen LogP contribution in [0.5, 0.6) is 0 Å². The predicted molar refractivity (Wildman–Crippen MR) is 68.4 cm³/mol. The molecule has 0 nitrogen and oxygen atoms in total. The Hall–Kier alpha value is -0.260. The Morgan fingerprint density at radius 3 is 0.923 bits per heavy atom. The number of allylic oxidation sites excluding steroid dienone is 1. The van der Waals surface area contributed by atoms with Gasteiger partial charge in [0.1, 0.15) is 0 Å². The molecule has 0 bridgehead atoms. The highest BCUT2D eigenvalue weighted by Gasteiger charge is 2.04. The smallest absolute Gasteiger partial charge is 0.0286 e. The molecule has 1 rings (SSSR count). The van der Waals surface area contributed by atoms with E-state index in [4.69, 9.17) is 0 Å². The summed E-state index contributed by atoms with van der Waals surface area (Å²) in [7, 11) is 0. The summed E-state index contributed by atoms with van der Waals surface area (Å²) in [5.41, 5.74) is 1.42. The van der Waals surface area contributed by atoms with Gasteiger partial charge in [0.15, 0.2) is 0 Å². The second kappa shape index (κ2) is 41.1. The third-order valence-electron chi connectivity index (χ3n) is 0.604. The molecule has 1 aliphatic carbocycles. The maximum Gasteiger partial charge on any atom is -0.0286 e. The molecule has 0 N–H and O–H groups in total. The van der Waals surface area contributed by atoms with Crippen LogP contribution in [0.4, 0.5) is 0 Å². The van der Waals surface area contributed by atoms with Gasteiger partial charge in [-0.25, -0.2) is 0 Å². The maximum atomic E-state index is 3.67. The molecule has 0 unspecified atom stereocenters. The summed E-state index contributed by atoms with van der Waals surface area (Å²) in [6.45, 7) is 19.9. The summed E-state index contributed by atoms with van der Waals surface area (Å²) in [5.74, 6) is 0. The SMILES string of the molecule is C=C1CC1.CC.CC.CC.CCC. The fourth-order valence-corrected chi connectivity index (χ4v) is 0.0884. The molecule has 0 heteroatoms. The molecule has 0 radical (unpaired) electrons. The Labute approximate surface area is 87.4 Å². The second-order valence-electron chi connectivity index (χ2n) is 1.96. The van der Waals surface area contributed by atoms with Gasteiger partial charge in [0.2, 0.25) is 0 Å². The molecule has 0 aliphatic heterocycles. The topological polar surface area (TPSA) is 0 Å². The molecule has 0 amide bonds. The first-order chi connectivity index (χ1) is 6.31. The van der Waals surface area contributed by atoms with E-state index in [1.54, 1.807) is 0 Å². The van der Waals surface area contributed by atoms with E-state index >= 15 is 0 Å². The van der Waals surface area contributed by atoms with Crippen LogP contribution in [0.3, 0.4) is 0 Å². The van der Waals surface area contributed by atoms with E-state index in [0.717, 1.165) is 0 Å². The van der Waals surface area contributed by atoms with Crippen LogP contribution in [0.1, 0.15) is 74.7 Å². The Kier molecular flexibility index (Phi) is 72.7. The molecule has 0 aromatic carbocycles. The monoisotopic (exact) mass is 188 g/mol. The summed E-state index contributed by atoms with van der Waals surface area (Å²) >= 11 is 0. The lowest BCUT2D eigenvalue weighted by atomic mass is 10.6. The lowest BCUT2D eigenvalue weighted by Crippen LogP contribution is -1.27. The quantitative estimate of drug-likeness (QED) is 0.419. The van der Waals surface area contributed by atoms with Crippen molar-refractivity contribution >= 4 is 0 Å². The van der Waals surface area contributed by atoms with Crippen LogP contribution in [0.15, 0.2) is 12.2 Å². The first kappa shape index (κ1) is 23.0. The van der Waals surface area contributed by atoms with Crippen molar-refractivity contribution in [2.45, 2.75) is 74.7 Å². The fourth-order valence-electron chi connectivity index (χ4n) is 0.0884. The van der Waals surface area contributed by atoms with Gasteiger partial charge in [-0.1, -0.05) is 74.0 Å². The van der Waals surface area contributed by atoms with Crippen LogP contribution in [-0.4, -0.2) is 0 Å². The predicted octanol–water partition coefficient (Wildman–Crippen LogP) is 5.83. The van der Waals surface area contributed by atoms with Gasteiger partial charge >= 0.3 is 0 Å². The number of hydrogen-bond acceptors (Lipinski definition) is 0. The zero-order valence-electron chi connectivity index (χ0n) is 11.3. The zero-order valence-corrected chi connectivity index (χ0v) is 11.3. The average Bonchev–Trinajstić information content (AvgIpc) is 2.99. The Morgan fingerprint density at radius 2 is 0.923 bits per heavy atom. The molecule has 1 saturated carbocycles. The van der Waals surface area contributed by atoms with Gasteiger partial charge in [-0.05, 0) is 12.8 Å². The van der Waals surface area contributed by atoms with Crippen LogP contribution in [0.2, 0.25) is 0 Å². The Morgan fingerprint density at radius 1 is 0.846 bits per heavy atom. The van der Waals surface area contributed by atoms with Gasteiger partial charge in [-0.15, -0.1) is 0 Å². The van der Waals surface area contributed by atoms with Gasteiger partial charge in [0.25, 0.3) is 0 Å². The van der Waals surface area contributed by atoms with Crippen molar-refractivity contribution in [1.29, 1.82) is 0 Å². The lowest BCUT2D eigenvalue weighted by Gasteiger charge is -1.48. The van der Waals surface area contributed by atoms with Crippen LogP contribution < -0.4 is 0 Å². The molecular formula is C13H32. The van der Waals surface area contributed by atoms with Crippen molar-refractivity contribution in [3.05, 3.63) is 12.2 Å². The van der Waals surface area contributed by atoms with Crippen molar-refractivity contribution in [2.24, 2.45) is 0 Å². The number of rotatable bonds is 0. The van der Waals surface area contributed by atoms with Crippen molar-refractivity contribution < 1.29 is 0 Å². The first-order valence-electron chi connectivity index (χ1n) is 5.97. The molecule has 1 aliphatic rings. The van der Waals surface area contributed by atoms with Gasteiger partial charge < -0.3 is 0 Å². The van der Waals surface area contributed by atoms with E-state index in [9.17, 15) is 0 Å². The molecular weight excluding hydrogens is 156 g/mol. The van der Waals surface area contributed by atoms with Crippen LogP contribution in [0.25, 0.3) is 0 Å². The van der Waals surface area contributed by atoms with E-state index in [1.165, 1.54) is 24.8 Å². The summed E-state index contributed by atoms with van der Waals surface area (Å²) in [4.78, 5) is 0. The number of hydrogen-bond donors (Lipinski definition) is 0. The fraction of sp³-hybridized carbons (Fsp3) is 0.846.